The van der Waals surface area contributed by atoms with Gasteiger partial charge in [-0.05, 0) is 29.3 Å². The number of nitrogen functional groups attached to an aromatic ring is 1. The van der Waals surface area contributed by atoms with E-state index in [1.807, 2.05) is 0 Å². The Balaban J connectivity index is 2.48. The first kappa shape index (κ1) is 9.79. The van der Waals surface area contributed by atoms with Gasteiger partial charge in [0.2, 0.25) is 9.84 Å². The molecule has 0 aromatic heterocycles. The van der Waals surface area contributed by atoms with Gasteiger partial charge in [-0.25, -0.2) is 8.42 Å². The molecule has 0 atom stereocenters. The number of anilines is 1. The molecule has 0 aliphatic carbocycles. The molecule has 4 nitrogen and oxygen atoms in total. The van der Waals surface area contributed by atoms with Crippen LogP contribution in [0.2, 0.25) is 0 Å². The van der Waals surface area contributed by atoms with Crippen LogP contribution in [0.4, 0.5) is 5.69 Å². The highest BCUT2D eigenvalue weighted by Gasteiger charge is 2.20. The maximum atomic E-state index is 11.3. The van der Waals surface area contributed by atoms with Gasteiger partial charge in [-0.2, -0.15) is 0 Å². The SMILES string of the molecule is NC1=CC(c2ccc(N)cc2)=CS1(=O)=O. The summed E-state index contributed by atoms with van der Waals surface area (Å²) in [7, 11) is -3.39. The van der Waals surface area contributed by atoms with Crippen LogP contribution >= 0.6 is 0 Å². The van der Waals surface area contributed by atoms with Gasteiger partial charge in [-0.1, -0.05) is 12.1 Å². The molecule has 0 radical (unpaired) electrons. The number of benzene rings is 1. The molecule has 0 amide bonds. The molecule has 0 spiro atoms. The molecule has 1 aliphatic heterocycles. The Labute approximate surface area is 87.8 Å². The molecule has 0 bridgehead atoms. The summed E-state index contributed by atoms with van der Waals surface area (Å²) in [5.41, 5.74) is 12.9. The molecule has 1 aliphatic rings. The van der Waals surface area contributed by atoms with E-state index < -0.39 is 9.84 Å². The van der Waals surface area contributed by atoms with Crippen LogP contribution in [-0.4, -0.2) is 8.42 Å². The minimum Gasteiger partial charge on any atom is -0.399 e. The normalized spacial score (nSPS) is 18.4. The van der Waals surface area contributed by atoms with E-state index in [1.165, 1.54) is 6.08 Å². The third-order valence-corrected chi connectivity index (χ3v) is 3.49. The maximum absolute atomic E-state index is 11.3. The summed E-state index contributed by atoms with van der Waals surface area (Å²) in [4.78, 5) is 0. The predicted molar refractivity (Wildman–Crippen MR) is 60.0 cm³/mol. The van der Waals surface area contributed by atoms with Gasteiger partial charge in [0.25, 0.3) is 0 Å². The van der Waals surface area contributed by atoms with Gasteiger partial charge in [0.05, 0.1) is 0 Å². The molecule has 1 heterocycles. The lowest BCUT2D eigenvalue weighted by molar-refractivity contribution is 0.610. The first-order chi connectivity index (χ1) is 6.99. The van der Waals surface area contributed by atoms with Crippen molar-refractivity contribution in [2.45, 2.75) is 0 Å². The summed E-state index contributed by atoms with van der Waals surface area (Å²) in [6.45, 7) is 0. The molecule has 4 N–H and O–H groups in total. The standard InChI is InChI=1S/C10H10N2O2S/c11-9-3-1-7(2-4-9)8-5-10(12)15(13,14)6-8/h1-6H,11-12H2. The van der Waals surface area contributed by atoms with E-state index in [4.69, 9.17) is 11.5 Å². The Hall–Kier alpha value is -1.75. The Morgan fingerprint density at radius 2 is 1.60 bits per heavy atom. The van der Waals surface area contributed by atoms with Crippen molar-refractivity contribution in [3.05, 3.63) is 46.3 Å². The first-order valence-electron chi connectivity index (χ1n) is 4.29. The Morgan fingerprint density at radius 3 is 2.07 bits per heavy atom. The Kier molecular flexibility index (Phi) is 2.04. The lowest BCUT2D eigenvalue weighted by Gasteiger charge is -1.98. The van der Waals surface area contributed by atoms with Crippen molar-refractivity contribution in [1.82, 2.24) is 0 Å². The van der Waals surface area contributed by atoms with Crippen molar-refractivity contribution >= 4 is 21.1 Å². The van der Waals surface area contributed by atoms with Crippen molar-refractivity contribution in [3.63, 3.8) is 0 Å². The van der Waals surface area contributed by atoms with Gasteiger partial charge in [0.1, 0.15) is 5.03 Å². The van der Waals surface area contributed by atoms with Gasteiger partial charge in [-0.3, -0.25) is 0 Å². The van der Waals surface area contributed by atoms with E-state index in [0.717, 1.165) is 11.0 Å². The van der Waals surface area contributed by atoms with Crippen molar-refractivity contribution in [1.29, 1.82) is 0 Å². The maximum Gasteiger partial charge on any atom is 0.215 e. The second kappa shape index (κ2) is 3.13. The minimum absolute atomic E-state index is 0.116. The molecule has 0 unspecified atom stereocenters. The van der Waals surface area contributed by atoms with E-state index in [-0.39, 0.29) is 5.03 Å². The van der Waals surface area contributed by atoms with Gasteiger partial charge in [-0.15, -0.1) is 0 Å². The molecular weight excluding hydrogens is 212 g/mol. The van der Waals surface area contributed by atoms with Gasteiger partial charge in [0, 0.05) is 11.1 Å². The summed E-state index contributed by atoms with van der Waals surface area (Å²) in [6, 6.07) is 6.94. The summed E-state index contributed by atoms with van der Waals surface area (Å²) in [5.74, 6) is 0. The summed E-state index contributed by atoms with van der Waals surface area (Å²) in [5, 5.41) is 1.04. The van der Waals surface area contributed by atoms with Crippen LogP contribution in [0.15, 0.2) is 40.8 Å². The molecule has 15 heavy (non-hydrogen) atoms. The molecule has 0 fully saturated rings. The molecule has 1 aromatic rings. The summed E-state index contributed by atoms with van der Waals surface area (Å²) >= 11 is 0. The van der Waals surface area contributed by atoms with E-state index in [9.17, 15) is 8.42 Å². The first-order valence-corrected chi connectivity index (χ1v) is 5.83. The highest BCUT2D eigenvalue weighted by atomic mass is 32.2. The molecule has 0 saturated heterocycles. The number of sulfone groups is 1. The van der Waals surface area contributed by atoms with Crippen molar-refractivity contribution in [2.75, 3.05) is 5.73 Å². The fraction of sp³-hybridized carbons (Fsp3) is 0. The van der Waals surface area contributed by atoms with Gasteiger partial charge >= 0.3 is 0 Å². The number of allylic oxidation sites excluding steroid dienone is 2. The fourth-order valence-electron chi connectivity index (χ4n) is 1.33. The predicted octanol–water partition coefficient (Wildman–Crippen LogP) is 0.838. The van der Waals surface area contributed by atoms with E-state index in [0.29, 0.717) is 11.3 Å². The number of hydrogen-bond donors (Lipinski definition) is 2. The monoisotopic (exact) mass is 222 g/mol. The van der Waals surface area contributed by atoms with Crippen LogP contribution in [-0.2, 0) is 9.84 Å². The van der Waals surface area contributed by atoms with Crippen molar-refractivity contribution < 1.29 is 8.42 Å². The Bertz CT molecular complexity index is 554. The molecule has 2 rings (SSSR count). The fourth-order valence-corrected chi connectivity index (χ4v) is 2.30. The van der Waals surface area contributed by atoms with E-state index >= 15 is 0 Å². The van der Waals surface area contributed by atoms with Crippen LogP contribution in [0.25, 0.3) is 5.57 Å². The third kappa shape index (κ3) is 1.73. The lowest BCUT2D eigenvalue weighted by atomic mass is 10.1. The number of nitrogens with two attached hydrogens (primary N) is 2. The summed E-state index contributed by atoms with van der Waals surface area (Å²) < 4.78 is 22.6. The van der Waals surface area contributed by atoms with Crippen LogP contribution in [0, 0.1) is 0 Å². The smallest absolute Gasteiger partial charge is 0.215 e. The average Bonchev–Trinajstić information content (AvgIpc) is 2.42. The molecule has 78 valence electrons. The van der Waals surface area contributed by atoms with E-state index in [2.05, 4.69) is 0 Å². The highest BCUT2D eigenvalue weighted by Crippen LogP contribution is 2.26. The van der Waals surface area contributed by atoms with Crippen LogP contribution in [0.3, 0.4) is 0 Å². The second-order valence-corrected chi connectivity index (χ2v) is 5.08. The summed E-state index contributed by atoms with van der Waals surface area (Å²) in [6.07, 6.45) is 1.45. The minimum atomic E-state index is -3.39. The van der Waals surface area contributed by atoms with Gasteiger partial charge in [0.15, 0.2) is 0 Å². The zero-order valence-electron chi connectivity index (χ0n) is 7.84. The van der Waals surface area contributed by atoms with Crippen molar-refractivity contribution in [2.24, 2.45) is 5.73 Å². The van der Waals surface area contributed by atoms with Crippen LogP contribution in [0.5, 0.6) is 0 Å². The number of rotatable bonds is 1. The highest BCUT2D eigenvalue weighted by molar-refractivity contribution is 7.98. The second-order valence-electron chi connectivity index (χ2n) is 3.29. The zero-order valence-corrected chi connectivity index (χ0v) is 8.66. The zero-order chi connectivity index (χ0) is 11.1. The molecule has 0 saturated carbocycles. The van der Waals surface area contributed by atoms with Gasteiger partial charge < -0.3 is 11.5 Å². The van der Waals surface area contributed by atoms with Crippen molar-refractivity contribution in [3.8, 4) is 0 Å². The topological polar surface area (TPSA) is 86.2 Å². The quantitative estimate of drug-likeness (QED) is 0.689. The molecule has 1 aromatic carbocycles. The van der Waals surface area contributed by atoms with E-state index in [1.54, 1.807) is 24.3 Å². The van der Waals surface area contributed by atoms with Crippen LogP contribution in [0.1, 0.15) is 5.56 Å². The Morgan fingerprint density at radius 1 is 1.00 bits per heavy atom. The largest absolute Gasteiger partial charge is 0.399 e. The number of hydrogen-bond acceptors (Lipinski definition) is 4. The molecule has 5 heteroatoms. The lowest BCUT2D eigenvalue weighted by Crippen LogP contribution is -2.04. The average molecular weight is 222 g/mol. The third-order valence-electron chi connectivity index (χ3n) is 2.15. The molecular formula is C10H10N2O2S. The van der Waals surface area contributed by atoms with Crippen LogP contribution < -0.4 is 11.5 Å².